The molecule has 0 aliphatic rings. The number of nitro groups is 1. The minimum Gasteiger partial charge on any atom is -0.493 e. The van der Waals surface area contributed by atoms with E-state index in [1.54, 1.807) is 18.2 Å². The summed E-state index contributed by atoms with van der Waals surface area (Å²) in [5.41, 5.74) is 0.409. The third-order valence-electron chi connectivity index (χ3n) is 4.57. The van der Waals surface area contributed by atoms with Crippen LogP contribution in [0.4, 0.5) is 5.69 Å². The number of fused-ring (bicyclic) bond motifs is 1. The summed E-state index contributed by atoms with van der Waals surface area (Å²) in [5.74, 6) is 1.60. The largest absolute Gasteiger partial charge is 0.493 e. The molecule has 0 radical (unpaired) electrons. The third kappa shape index (κ3) is 3.72. The Morgan fingerprint density at radius 1 is 1.12 bits per heavy atom. The molecule has 0 unspecified atom stereocenters. The van der Waals surface area contributed by atoms with E-state index in [1.807, 2.05) is 0 Å². The van der Waals surface area contributed by atoms with Gasteiger partial charge in [-0.3, -0.25) is 14.9 Å². The average Bonchev–Trinajstić information content (AvgIpc) is 3.33. The van der Waals surface area contributed by atoms with E-state index < -0.39 is 10.5 Å². The fraction of sp³-hybridized carbons (Fsp3) is 0.150. The Morgan fingerprint density at radius 3 is 2.38 bits per heavy atom. The highest BCUT2D eigenvalue weighted by molar-refractivity contribution is 7.15. The van der Waals surface area contributed by atoms with Crippen molar-refractivity contribution in [2.24, 2.45) is 0 Å². The Bertz CT molecular complexity index is 1440. The summed E-state index contributed by atoms with van der Waals surface area (Å²) in [4.78, 5) is 28.1. The number of benzene rings is 2. The number of hydrogen-bond donors (Lipinski definition) is 0. The van der Waals surface area contributed by atoms with Gasteiger partial charge in [-0.05, 0) is 29.8 Å². The molecule has 0 atom stereocenters. The number of hydrogen-bond acceptors (Lipinski definition) is 9. The van der Waals surface area contributed by atoms with Crippen LogP contribution in [0.25, 0.3) is 22.4 Å². The van der Waals surface area contributed by atoms with E-state index in [1.165, 1.54) is 44.1 Å². The predicted octanol–water partition coefficient (Wildman–Crippen LogP) is 2.95. The second-order valence-corrected chi connectivity index (χ2v) is 7.84. The van der Waals surface area contributed by atoms with Crippen LogP contribution in [-0.4, -0.2) is 40.9 Å². The van der Waals surface area contributed by atoms with Gasteiger partial charge >= 0.3 is 0 Å². The van der Waals surface area contributed by atoms with Gasteiger partial charge in [-0.25, -0.2) is 0 Å². The van der Waals surface area contributed by atoms with Crippen LogP contribution >= 0.6 is 22.9 Å². The number of halogens is 1. The van der Waals surface area contributed by atoms with E-state index in [0.29, 0.717) is 43.7 Å². The molecule has 0 spiro atoms. The van der Waals surface area contributed by atoms with Crippen LogP contribution in [0.3, 0.4) is 0 Å². The zero-order valence-electron chi connectivity index (χ0n) is 17.0. The van der Waals surface area contributed by atoms with Crippen LogP contribution < -0.4 is 24.3 Å². The summed E-state index contributed by atoms with van der Waals surface area (Å²) in [7, 11) is 4.50. The first kappa shape index (κ1) is 21.5. The highest BCUT2D eigenvalue weighted by atomic mass is 35.5. The van der Waals surface area contributed by atoms with Crippen molar-refractivity contribution >= 4 is 39.7 Å². The highest BCUT2D eigenvalue weighted by Gasteiger charge is 2.18. The van der Waals surface area contributed by atoms with Gasteiger partial charge in [-0.15, -0.1) is 5.10 Å². The van der Waals surface area contributed by atoms with Gasteiger partial charge in [0.05, 0.1) is 30.8 Å². The van der Waals surface area contributed by atoms with E-state index in [-0.39, 0.29) is 10.7 Å². The molecule has 12 heteroatoms. The number of aromatic nitrogens is 3. The van der Waals surface area contributed by atoms with Crippen LogP contribution in [-0.2, 0) is 0 Å². The second kappa shape index (κ2) is 8.44. The van der Waals surface area contributed by atoms with E-state index in [0.717, 1.165) is 11.3 Å². The van der Waals surface area contributed by atoms with Crippen LogP contribution in [0.2, 0.25) is 5.02 Å². The van der Waals surface area contributed by atoms with Gasteiger partial charge in [-0.1, -0.05) is 29.0 Å². The van der Waals surface area contributed by atoms with Crippen LogP contribution in [0.15, 0.2) is 35.1 Å². The molecule has 2 aromatic heterocycles. The maximum Gasteiger partial charge on any atom is 0.291 e. The first-order chi connectivity index (χ1) is 15.4. The van der Waals surface area contributed by atoms with Crippen molar-refractivity contribution in [3.63, 3.8) is 0 Å². The summed E-state index contributed by atoms with van der Waals surface area (Å²) in [6.45, 7) is 0. The Kier molecular flexibility index (Phi) is 5.68. The first-order valence-electron chi connectivity index (χ1n) is 9.02. The maximum absolute atomic E-state index is 12.8. The predicted molar refractivity (Wildman–Crippen MR) is 119 cm³/mol. The standard InChI is InChI=1S/C20H15ClN4O6S/c1-29-14-8-11(9-15(30-2)17(14)31-3)18-22-20-24(23-18)19(26)16(32-20)7-10-4-5-12(21)13(6-10)25(27)28/h4-9H,1-3H3/b16-7-. The Labute approximate surface area is 189 Å². The van der Waals surface area contributed by atoms with Crippen LogP contribution in [0.5, 0.6) is 17.2 Å². The smallest absolute Gasteiger partial charge is 0.291 e. The first-order valence-corrected chi connectivity index (χ1v) is 10.2. The summed E-state index contributed by atoms with van der Waals surface area (Å²) in [6.07, 6.45) is 1.53. The minimum atomic E-state index is -0.579. The molecule has 0 bridgehead atoms. The molecular formula is C20H15ClN4O6S. The maximum atomic E-state index is 12.8. The molecule has 4 aromatic rings. The number of nitrogens with zero attached hydrogens (tertiary/aromatic N) is 4. The van der Waals surface area contributed by atoms with Crippen molar-refractivity contribution in [1.82, 2.24) is 14.6 Å². The van der Waals surface area contributed by atoms with Crippen molar-refractivity contribution in [3.05, 3.63) is 65.9 Å². The molecule has 0 amide bonds. The molecule has 0 saturated heterocycles. The third-order valence-corrected chi connectivity index (χ3v) is 5.85. The van der Waals surface area contributed by atoms with E-state index in [4.69, 9.17) is 25.8 Å². The lowest BCUT2D eigenvalue weighted by atomic mass is 10.1. The summed E-state index contributed by atoms with van der Waals surface area (Å²) in [6, 6.07) is 7.68. The van der Waals surface area contributed by atoms with Gasteiger partial charge in [0, 0.05) is 11.6 Å². The van der Waals surface area contributed by atoms with Gasteiger partial charge in [0.2, 0.25) is 10.7 Å². The fourth-order valence-electron chi connectivity index (χ4n) is 3.08. The zero-order chi connectivity index (χ0) is 23.0. The zero-order valence-corrected chi connectivity index (χ0v) is 18.6. The van der Waals surface area contributed by atoms with Crippen molar-refractivity contribution in [2.45, 2.75) is 0 Å². The SMILES string of the molecule is COc1cc(-c2nc3s/c(=C\c4ccc(Cl)c([N+](=O)[O-])c4)c(=O)n3n2)cc(OC)c1OC. The lowest BCUT2D eigenvalue weighted by Crippen LogP contribution is -2.23. The molecule has 0 aliphatic carbocycles. The molecule has 0 saturated carbocycles. The fourth-order valence-corrected chi connectivity index (χ4v) is 4.17. The van der Waals surface area contributed by atoms with Crippen LogP contribution in [0.1, 0.15) is 5.56 Å². The average molecular weight is 475 g/mol. The molecule has 2 heterocycles. The molecule has 164 valence electrons. The number of thiazole rings is 1. The lowest BCUT2D eigenvalue weighted by Gasteiger charge is -2.12. The molecular weight excluding hydrogens is 460 g/mol. The van der Waals surface area contributed by atoms with Gasteiger partial charge in [-0.2, -0.15) is 9.50 Å². The van der Waals surface area contributed by atoms with Gasteiger partial charge in [0.1, 0.15) is 5.02 Å². The lowest BCUT2D eigenvalue weighted by molar-refractivity contribution is -0.384. The molecule has 0 N–H and O–H groups in total. The quantitative estimate of drug-likeness (QED) is 0.309. The van der Waals surface area contributed by atoms with Crippen molar-refractivity contribution < 1.29 is 19.1 Å². The highest BCUT2D eigenvalue weighted by Crippen LogP contribution is 2.40. The van der Waals surface area contributed by atoms with Crippen molar-refractivity contribution in [1.29, 1.82) is 0 Å². The Balaban J connectivity index is 1.80. The van der Waals surface area contributed by atoms with Crippen molar-refractivity contribution in [2.75, 3.05) is 21.3 Å². The normalized spacial score (nSPS) is 11.7. The Hall–Kier alpha value is -3.70. The molecule has 32 heavy (non-hydrogen) atoms. The number of nitro benzene ring substituents is 1. The number of rotatable bonds is 6. The molecule has 0 aliphatic heterocycles. The number of methoxy groups -OCH3 is 3. The van der Waals surface area contributed by atoms with Crippen molar-refractivity contribution in [3.8, 4) is 28.6 Å². The van der Waals surface area contributed by atoms with Gasteiger partial charge in [0.25, 0.3) is 11.2 Å². The van der Waals surface area contributed by atoms with E-state index >= 15 is 0 Å². The molecule has 2 aromatic carbocycles. The van der Waals surface area contributed by atoms with Gasteiger partial charge in [0.15, 0.2) is 17.3 Å². The monoisotopic (exact) mass is 474 g/mol. The second-order valence-electron chi connectivity index (χ2n) is 6.43. The summed E-state index contributed by atoms with van der Waals surface area (Å²) < 4.78 is 17.5. The Morgan fingerprint density at radius 2 is 1.81 bits per heavy atom. The molecule has 10 nitrogen and oxygen atoms in total. The van der Waals surface area contributed by atoms with E-state index in [9.17, 15) is 14.9 Å². The summed E-state index contributed by atoms with van der Waals surface area (Å²) >= 11 is 6.96. The number of ether oxygens (including phenoxy) is 3. The van der Waals surface area contributed by atoms with E-state index in [2.05, 4.69) is 10.1 Å². The summed E-state index contributed by atoms with van der Waals surface area (Å²) in [5, 5.41) is 15.4. The van der Waals surface area contributed by atoms with Crippen LogP contribution in [0, 0.1) is 10.1 Å². The van der Waals surface area contributed by atoms with Gasteiger partial charge < -0.3 is 14.2 Å². The molecule has 0 fully saturated rings. The minimum absolute atomic E-state index is 0.0205. The molecule has 4 rings (SSSR count). The topological polar surface area (TPSA) is 118 Å².